The van der Waals surface area contributed by atoms with Crippen LogP contribution in [0, 0.1) is 5.92 Å². The van der Waals surface area contributed by atoms with Gasteiger partial charge in [-0.05, 0) is 78.9 Å². The van der Waals surface area contributed by atoms with E-state index in [-0.39, 0.29) is 0 Å². The van der Waals surface area contributed by atoms with Crippen molar-refractivity contribution in [2.24, 2.45) is 5.92 Å². The molecule has 0 bridgehead atoms. The number of nitrogens with zero attached hydrogens (tertiary/aromatic N) is 2. The second kappa shape index (κ2) is 7.79. The van der Waals surface area contributed by atoms with E-state index in [1.807, 2.05) is 11.9 Å². The molecule has 0 amide bonds. The zero-order chi connectivity index (χ0) is 19.9. The van der Waals surface area contributed by atoms with Crippen molar-refractivity contribution in [3.05, 3.63) is 77.9 Å². The van der Waals surface area contributed by atoms with Crippen LogP contribution >= 0.6 is 11.9 Å². The Kier molecular flexibility index (Phi) is 4.81. The van der Waals surface area contributed by atoms with Gasteiger partial charge in [0.25, 0.3) is 0 Å². The third kappa shape index (κ3) is 3.34. The van der Waals surface area contributed by atoms with Crippen LogP contribution in [0.5, 0.6) is 0 Å². The zero-order valence-electron chi connectivity index (χ0n) is 17.3. The molecule has 0 radical (unpaired) electrons. The monoisotopic (exact) mass is 412 g/mol. The normalized spacial score (nSPS) is 20.9. The Morgan fingerprint density at radius 3 is 2.60 bits per heavy atom. The zero-order valence-corrected chi connectivity index (χ0v) is 18.2. The Hall–Kier alpha value is -2.23. The molecule has 3 aromatic rings. The molecule has 3 heteroatoms. The van der Waals surface area contributed by atoms with E-state index >= 15 is 0 Å². The summed E-state index contributed by atoms with van der Waals surface area (Å²) in [7, 11) is 0. The number of anilines is 1. The summed E-state index contributed by atoms with van der Waals surface area (Å²) in [5.74, 6) is 1.50. The van der Waals surface area contributed by atoms with E-state index in [0.29, 0.717) is 5.92 Å². The number of rotatable bonds is 5. The van der Waals surface area contributed by atoms with Crippen LogP contribution in [0.3, 0.4) is 0 Å². The summed E-state index contributed by atoms with van der Waals surface area (Å²) in [6, 6.07) is 22.3. The molecule has 1 atom stereocenters. The highest BCUT2D eigenvalue weighted by molar-refractivity contribution is 8.01. The highest BCUT2D eigenvalue weighted by atomic mass is 32.2. The highest BCUT2D eigenvalue weighted by Gasteiger charge is 2.26. The van der Waals surface area contributed by atoms with Crippen LogP contribution in [0.1, 0.15) is 36.3 Å². The smallest absolute Gasteiger partial charge is 0.0564 e. The molecule has 30 heavy (non-hydrogen) atoms. The van der Waals surface area contributed by atoms with Gasteiger partial charge < -0.3 is 9.21 Å². The van der Waals surface area contributed by atoms with Crippen molar-refractivity contribution in [2.75, 3.05) is 30.5 Å². The molecule has 2 nitrogen and oxygen atoms in total. The lowest BCUT2D eigenvalue weighted by Crippen LogP contribution is -2.38. The van der Waals surface area contributed by atoms with Gasteiger partial charge in [0.2, 0.25) is 0 Å². The fraction of sp³-hybridized carbons (Fsp3) is 0.333. The molecule has 1 fully saturated rings. The van der Waals surface area contributed by atoms with Gasteiger partial charge in [0.1, 0.15) is 0 Å². The van der Waals surface area contributed by atoms with Gasteiger partial charge in [-0.15, -0.1) is 0 Å². The summed E-state index contributed by atoms with van der Waals surface area (Å²) >= 11 is 1.92. The molecule has 2 heterocycles. The summed E-state index contributed by atoms with van der Waals surface area (Å²) in [6.45, 7) is 4.76. The van der Waals surface area contributed by atoms with Crippen LogP contribution in [0.2, 0.25) is 0 Å². The lowest BCUT2D eigenvalue weighted by Gasteiger charge is -2.34. The van der Waals surface area contributed by atoms with Gasteiger partial charge in [0, 0.05) is 29.3 Å². The molecule has 1 aliphatic carbocycles. The van der Waals surface area contributed by atoms with E-state index in [4.69, 9.17) is 0 Å². The van der Waals surface area contributed by atoms with Gasteiger partial charge in [0.15, 0.2) is 0 Å². The molecular weight excluding hydrogens is 384 g/mol. The summed E-state index contributed by atoms with van der Waals surface area (Å²) in [6.07, 6.45) is 8.76. The summed E-state index contributed by atoms with van der Waals surface area (Å²) in [5.41, 5.74) is 4.37. The molecule has 3 aromatic carbocycles. The minimum absolute atomic E-state index is 0.637. The predicted molar refractivity (Wildman–Crippen MR) is 129 cm³/mol. The maximum Gasteiger partial charge on any atom is 0.0564 e. The lowest BCUT2D eigenvalue weighted by molar-refractivity contribution is 0.181. The second-order valence-corrected chi connectivity index (χ2v) is 10.0. The van der Waals surface area contributed by atoms with Gasteiger partial charge in [-0.1, -0.05) is 60.7 Å². The highest BCUT2D eigenvalue weighted by Crippen LogP contribution is 2.45. The summed E-state index contributed by atoms with van der Waals surface area (Å²) < 4.78 is 2.50. The van der Waals surface area contributed by atoms with E-state index in [0.717, 1.165) is 19.0 Å². The number of allylic oxidation sites excluding steroid dienone is 1. The fourth-order valence-electron chi connectivity index (χ4n) is 5.47. The van der Waals surface area contributed by atoms with E-state index in [1.165, 1.54) is 59.3 Å². The number of likely N-dealkylation sites (tertiary alicyclic amines) is 1. The molecule has 6 rings (SSSR count). The Bertz CT molecular complexity index is 1090. The number of benzene rings is 3. The van der Waals surface area contributed by atoms with Gasteiger partial charge in [-0.3, -0.25) is 0 Å². The van der Waals surface area contributed by atoms with Crippen LogP contribution in [0.25, 0.3) is 16.8 Å². The molecule has 0 aromatic heterocycles. The van der Waals surface area contributed by atoms with E-state index in [1.54, 1.807) is 5.56 Å². The molecule has 1 saturated heterocycles. The first-order valence-corrected chi connectivity index (χ1v) is 12.1. The molecule has 0 spiro atoms. The van der Waals surface area contributed by atoms with Crippen LogP contribution in [0.4, 0.5) is 5.69 Å². The van der Waals surface area contributed by atoms with Crippen LogP contribution in [-0.2, 0) is 0 Å². The van der Waals surface area contributed by atoms with Gasteiger partial charge in [-0.25, -0.2) is 0 Å². The van der Waals surface area contributed by atoms with E-state index in [9.17, 15) is 0 Å². The number of hydrogen-bond acceptors (Lipinski definition) is 3. The number of piperidine rings is 1. The third-order valence-corrected chi connectivity index (χ3v) is 8.28. The van der Waals surface area contributed by atoms with Crippen LogP contribution in [0.15, 0.2) is 71.6 Å². The van der Waals surface area contributed by atoms with Gasteiger partial charge in [0.05, 0.1) is 5.69 Å². The standard InChI is InChI=1S/C27H28N2S/c1-2-8-24-21(5-1)11-12-23(24)19-20-13-15-28(16-14-20)17-18-29-25-9-3-6-22-7-4-10-26(30-29)27(22)25/h1-12,20,23H,13-19H2. The van der Waals surface area contributed by atoms with Crippen molar-refractivity contribution in [3.8, 4) is 0 Å². The maximum absolute atomic E-state index is 2.68. The fourth-order valence-corrected chi connectivity index (χ4v) is 6.59. The molecule has 1 unspecified atom stereocenters. The molecule has 152 valence electrons. The van der Waals surface area contributed by atoms with Gasteiger partial charge in [-0.2, -0.15) is 0 Å². The quantitative estimate of drug-likeness (QED) is 0.437. The van der Waals surface area contributed by atoms with Crippen molar-refractivity contribution in [3.63, 3.8) is 0 Å². The maximum atomic E-state index is 2.68. The molecule has 0 saturated carbocycles. The van der Waals surface area contributed by atoms with Crippen molar-refractivity contribution >= 4 is 34.5 Å². The van der Waals surface area contributed by atoms with Crippen LogP contribution < -0.4 is 4.31 Å². The molecule has 2 aliphatic heterocycles. The predicted octanol–water partition coefficient (Wildman–Crippen LogP) is 6.58. The minimum atomic E-state index is 0.637. The second-order valence-electron chi connectivity index (χ2n) is 8.94. The van der Waals surface area contributed by atoms with Crippen molar-refractivity contribution < 1.29 is 0 Å². The average molecular weight is 413 g/mol. The third-order valence-electron chi connectivity index (χ3n) is 7.14. The average Bonchev–Trinajstić information content (AvgIpc) is 3.37. The topological polar surface area (TPSA) is 6.48 Å². The first-order chi connectivity index (χ1) is 14.8. The summed E-state index contributed by atoms with van der Waals surface area (Å²) in [5, 5.41) is 2.80. The minimum Gasteiger partial charge on any atom is -0.310 e. The number of fused-ring (bicyclic) bond motifs is 1. The SMILES string of the molecule is C1=CC(CC2CCN(CCN3Sc4cccc5cccc3c45)CC2)c2ccccc21. The number of hydrogen-bond donors (Lipinski definition) is 0. The van der Waals surface area contributed by atoms with E-state index in [2.05, 4.69) is 82.0 Å². The Morgan fingerprint density at radius 2 is 1.70 bits per heavy atom. The molecule has 3 aliphatic rings. The Morgan fingerprint density at radius 1 is 0.867 bits per heavy atom. The Labute approximate surface area is 183 Å². The first-order valence-electron chi connectivity index (χ1n) is 11.3. The lowest BCUT2D eigenvalue weighted by atomic mass is 9.85. The van der Waals surface area contributed by atoms with Crippen molar-refractivity contribution in [1.82, 2.24) is 4.90 Å². The molecular formula is C27H28N2S. The molecule has 0 N–H and O–H groups in total. The van der Waals surface area contributed by atoms with Crippen molar-refractivity contribution in [2.45, 2.75) is 30.1 Å². The largest absolute Gasteiger partial charge is 0.310 e. The van der Waals surface area contributed by atoms with E-state index < -0.39 is 0 Å². The van der Waals surface area contributed by atoms with Crippen LogP contribution in [-0.4, -0.2) is 31.1 Å². The Balaban J connectivity index is 1.03. The van der Waals surface area contributed by atoms with Gasteiger partial charge >= 0.3 is 0 Å². The first kappa shape index (κ1) is 18.5. The summed E-state index contributed by atoms with van der Waals surface area (Å²) in [4.78, 5) is 4.09. The van der Waals surface area contributed by atoms with Crippen molar-refractivity contribution in [1.29, 1.82) is 0 Å².